The molecule has 0 aliphatic carbocycles. The summed E-state index contributed by atoms with van der Waals surface area (Å²) in [7, 11) is 1.65. The van der Waals surface area contributed by atoms with Crippen LogP contribution in [0.2, 0.25) is 0 Å². The maximum Gasteiger partial charge on any atom is 0.258 e. The molecule has 0 saturated heterocycles. The van der Waals surface area contributed by atoms with Crippen molar-refractivity contribution < 1.29 is 9.53 Å². The van der Waals surface area contributed by atoms with Gasteiger partial charge in [0.25, 0.3) is 5.91 Å². The average molecular weight is 282 g/mol. The third-order valence-corrected chi connectivity index (χ3v) is 3.68. The van der Waals surface area contributed by atoms with E-state index in [1.54, 1.807) is 13.3 Å². The molecule has 21 heavy (non-hydrogen) atoms. The van der Waals surface area contributed by atoms with E-state index in [1.165, 1.54) is 0 Å². The van der Waals surface area contributed by atoms with Gasteiger partial charge in [-0.15, -0.1) is 0 Å². The fraction of sp³-hybridized carbons (Fsp3) is 0.294. The summed E-state index contributed by atoms with van der Waals surface area (Å²) >= 11 is 0. The van der Waals surface area contributed by atoms with Crippen LogP contribution in [0, 0.1) is 0 Å². The van der Waals surface area contributed by atoms with Crippen LogP contribution in [0.4, 0.5) is 5.69 Å². The first-order chi connectivity index (χ1) is 10.3. The molecule has 4 heteroatoms. The first-order valence-corrected chi connectivity index (χ1v) is 7.13. The number of fused-ring (bicyclic) bond motifs is 1. The van der Waals surface area contributed by atoms with Crippen molar-refractivity contribution in [3.63, 3.8) is 0 Å². The van der Waals surface area contributed by atoms with Gasteiger partial charge in [-0.2, -0.15) is 0 Å². The minimum absolute atomic E-state index is 0.0295. The zero-order chi connectivity index (χ0) is 14.7. The fourth-order valence-electron chi connectivity index (χ4n) is 2.72. The highest BCUT2D eigenvalue weighted by Gasteiger charge is 2.24. The van der Waals surface area contributed by atoms with E-state index in [-0.39, 0.29) is 5.91 Å². The zero-order valence-corrected chi connectivity index (χ0v) is 12.1. The third kappa shape index (κ3) is 2.81. The molecule has 0 unspecified atom stereocenters. The Bertz CT molecular complexity index is 655. The molecule has 1 aromatic carbocycles. The molecule has 1 aliphatic rings. The molecule has 0 saturated carbocycles. The minimum atomic E-state index is 0.0295. The number of carbonyl (C=O) groups is 1. The van der Waals surface area contributed by atoms with Crippen molar-refractivity contribution in [3.05, 3.63) is 59.4 Å². The van der Waals surface area contributed by atoms with Crippen LogP contribution in [0.3, 0.4) is 0 Å². The van der Waals surface area contributed by atoms with Crippen LogP contribution in [0.15, 0.2) is 42.6 Å². The van der Waals surface area contributed by atoms with Crippen LogP contribution in [0.5, 0.6) is 0 Å². The summed E-state index contributed by atoms with van der Waals surface area (Å²) in [6.45, 7) is 1.26. The molecule has 1 amide bonds. The Balaban J connectivity index is 1.91. The summed E-state index contributed by atoms with van der Waals surface area (Å²) in [5.74, 6) is 0.0295. The summed E-state index contributed by atoms with van der Waals surface area (Å²) in [6, 6.07) is 11.5. The van der Waals surface area contributed by atoms with Crippen molar-refractivity contribution in [2.24, 2.45) is 0 Å². The van der Waals surface area contributed by atoms with Crippen LogP contribution in [-0.2, 0) is 17.8 Å². The number of aryl methyl sites for hydroxylation is 1. The average Bonchev–Trinajstić information content (AvgIpc) is 2.54. The predicted molar refractivity (Wildman–Crippen MR) is 81.4 cm³/mol. The third-order valence-electron chi connectivity index (χ3n) is 3.68. The van der Waals surface area contributed by atoms with E-state index in [0.717, 1.165) is 36.3 Å². The van der Waals surface area contributed by atoms with Crippen LogP contribution in [0.1, 0.15) is 28.0 Å². The van der Waals surface area contributed by atoms with E-state index in [1.807, 2.05) is 41.3 Å². The maximum absolute atomic E-state index is 12.8. The number of hydrogen-bond donors (Lipinski definition) is 0. The smallest absolute Gasteiger partial charge is 0.258 e. The number of aromatic nitrogens is 1. The molecular weight excluding hydrogens is 264 g/mol. The fourth-order valence-corrected chi connectivity index (χ4v) is 2.72. The van der Waals surface area contributed by atoms with Gasteiger partial charge in [-0.25, -0.2) is 0 Å². The molecule has 0 radical (unpaired) electrons. The van der Waals surface area contributed by atoms with Crippen molar-refractivity contribution in [2.75, 3.05) is 18.6 Å². The Labute approximate surface area is 124 Å². The molecular formula is C17H18N2O2. The highest BCUT2D eigenvalue weighted by molar-refractivity contribution is 6.06. The number of amides is 1. The molecule has 0 bridgehead atoms. The Morgan fingerprint density at radius 2 is 2.24 bits per heavy atom. The monoisotopic (exact) mass is 282 g/mol. The van der Waals surface area contributed by atoms with Gasteiger partial charge < -0.3 is 9.64 Å². The van der Waals surface area contributed by atoms with Gasteiger partial charge in [0.2, 0.25) is 0 Å². The number of hydrogen-bond acceptors (Lipinski definition) is 3. The second kappa shape index (κ2) is 6.06. The van der Waals surface area contributed by atoms with E-state index < -0.39 is 0 Å². The molecule has 1 aliphatic heterocycles. The molecule has 3 rings (SSSR count). The molecule has 0 spiro atoms. The van der Waals surface area contributed by atoms with E-state index in [2.05, 4.69) is 4.98 Å². The van der Waals surface area contributed by atoms with E-state index in [0.29, 0.717) is 12.2 Å². The quantitative estimate of drug-likeness (QED) is 0.869. The number of benzene rings is 1. The first-order valence-electron chi connectivity index (χ1n) is 7.13. The van der Waals surface area contributed by atoms with Crippen molar-refractivity contribution in [1.29, 1.82) is 0 Å². The molecule has 108 valence electrons. The topological polar surface area (TPSA) is 42.4 Å². The van der Waals surface area contributed by atoms with Crippen molar-refractivity contribution in [2.45, 2.75) is 19.4 Å². The van der Waals surface area contributed by atoms with Gasteiger partial charge in [0.15, 0.2) is 0 Å². The Hall–Kier alpha value is -2.20. The summed E-state index contributed by atoms with van der Waals surface area (Å²) < 4.78 is 5.13. The SMILES string of the molecule is COCc1cccc(C(=O)N2CCCc3ncccc32)c1. The molecule has 0 atom stereocenters. The molecule has 2 heterocycles. The number of rotatable bonds is 3. The standard InChI is InChI=1S/C17H18N2O2/c1-21-12-13-5-2-6-14(11-13)17(20)19-10-4-7-15-16(19)8-3-9-18-15/h2-3,5-6,8-9,11H,4,7,10,12H2,1H3. The Kier molecular flexibility index (Phi) is 3.97. The van der Waals surface area contributed by atoms with Gasteiger partial charge in [-0.3, -0.25) is 9.78 Å². The summed E-state index contributed by atoms with van der Waals surface area (Å²) in [5, 5.41) is 0. The van der Waals surface area contributed by atoms with Crippen LogP contribution >= 0.6 is 0 Å². The van der Waals surface area contributed by atoms with Crippen molar-refractivity contribution in [1.82, 2.24) is 4.98 Å². The number of nitrogens with zero attached hydrogens (tertiary/aromatic N) is 2. The first kappa shape index (κ1) is 13.8. The van der Waals surface area contributed by atoms with Crippen molar-refractivity contribution in [3.8, 4) is 0 Å². The van der Waals surface area contributed by atoms with Gasteiger partial charge >= 0.3 is 0 Å². The second-order valence-electron chi connectivity index (χ2n) is 5.16. The highest BCUT2D eigenvalue weighted by Crippen LogP contribution is 2.26. The van der Waals surface area contributed by atoms with Crippen LogP contribution < -0.4 is 4.90 Å². The second-order valence-corrected chi connectivity index (χ2v) is 5.16. The number of pyridine rings is 1. The molecule has 1 aromatic heterocycles. The van der Waals surface area contributed by atoms with Gasteiger partial charge in [0.1, 0.15) is 0 Å². The maximum atomic E-state index is 12.8. The number of methoxy groups -OCH3 is 1. The van der Waals surface area contributed by atoms with Crippen molar-refractivity contribution >= 4 is 11.6 Å². The lowest BCUT2D eigenvalue weighted by atomic mass is 10.0. The summed E-state index contributed by atoms with van der Waals surface area (Å²) in [4.78, 5) is 19.0. The number of ether oxygens (including phenoxy) is 1. The van der Waals surface area contributed by atoms with Gasteiger partial charge in [-0.1, -0.05) is 12.1 Å². The number of carbonyl (C=O) groups excluding carboxylic acids is 1. The van der Waals surface area contributed by atoms with Crippen LogP contribution in [0.25, 0.3) is 0 Å². The largest absolute Gasteiger partial charge is 0.380 e. The zero-order valence-electron chi connectivity index (χ0n) is 12.1. The minimum Gasteiger partial charge on any atom is -0.380 e. The predicted octanol–water partition coefficient (Wildman–Crippen LogP) is 2.82. The number of anilines is 1. The van der Waals surface area contributed by atoms with Crippen LogP contribution in [-0.4, -0.2) is 24.5 Å². The van der Waals surface area contributed by atoms with E-state index >= 15 is 0 Å². The summed E-state index contributed by atoms with van der Waals surface area (Å²) in [5.41, 5.74) is 3.64. The van der Waals surface area contributed by atoms with Gasteiger partial charge in [0.05, 0.1) is 18.0 Å². The Morgan fingerprint density at radius 1 is 1.33 bits per heavy atom. The highest BCUT2D eigenvalue weighted by atomic mass is 16.5. The Morgan fingerprint density at radius 3 is 3.10 bits per heavy atom. The molecule has 0 N–H and O–H groups in total. The molecule has 4 nitrogen and oxygen atoms in total. The lowest BCUT2D eigenvalue weighted by Gasteiger charge is -2.28. The van der Waals surface area contributed by atoms with Gasteiger partial charge in [-0.05, 0) is 42.7 Å². The lowest BCUT2D eigenvalue weighted by molar-refractivity contribution is 0.0984. The van der Waals surface area contributed by atoms with E-state index in [9.17, 15) is 4.79 Å². The molecule has 2 aromatic rings. The molecule has 0 fully saturated rings. The van der Waals surface area contributed by atoms with E-state index in [4.69, 9.17) is 4.74 Å². The van der Waals surface area contributed by atoms with Gasteiger partial charge in [0, 0.05) is 25.4 Å². The summed E-state index contributed by atoms with van der Waals surface area (Å²) in [6.07, 6.45) is 3.67. The normalized spacial score (nSPS) is 13.9. The lowest BCUT2D eigenvalue weighted by Crippen LogP contribution is -2.35.